The summed E-state index contributed by atoms with van der Waals surface area (Å²) in [6.07, 6.45) is 3.10. The number of hydrogen-bond acceptors (Lipinski definition) is 7. The summed E-state index contributed by atoms with van der Waals surface area (Å²) in [4.78, 5) is 24.2. The average Bonchev–Trinajstić information content (AvgIpc) is 3.35. The molecule has 7 nitrogen and oxygen atoms in total. The minimum absolute atomic E-state index is 0.0545. The third kappa shape index (κ3) is 6.18. The van der Waals surface area contributed by atoms with Gasteiger partial charge in [0.2, 0.25) is 0 Å². The first-order valence-electron chi connectivity index (χ1n) is 11.0. The summed E-state index contributed by atoms with van der Waals surface area (Å²) < 4.78 is 11.0. The largest absolute Gasteiger partial charge is 0.378 e. The molecule has 0 saturated carbocycles. The molecule has 2 saturated heterocycles. The Balaban J connectivity index is 1.38. The zero-order chi connectivity index (χ0) is 21.5. The van der Waals surface area contributed by atoms with Crippen molar-refractivity contribution in [3.8, 4) is 0 Å². The maximum Gasteiger partial charge on any atom is 0.251 e. The first-order chi connectivity index (χ1) is 15.2. The molecular weight excluding hydrogens is 412 g/mol. The molecule has 31 heavy (non-hydrogen) atoms. The van der Waals surface area contributed by atoms with Gasteiger partial charge in [-0.25, -0.2) is 9.97 Å². The van der Waals surface area contributed by atoms with E-state index in [0.717, 1.165) is 74.4 Å². The maximum absolute atomic E-state index is 12.5. The number of carbonyl (C=O) groups is 1. The van der Waals surface area contributed by atoms with E-state index in [1.54, 1.807) is 11.8 Å². The fraction of sp³-hybridized carbons (Fsp3) is 0.522. The van der Waals surface area contributed by atoms with Crippen LogP contribution in [0.15, 0.2) is 35.5 Å². The number of ether oxygens (including phenoxy) is 2. The molecule has 0 spiro atoms. The van der Waals surface area contributed by atoms with Crippen LogP contribution in [0.3, 0.4) is 0 Å². The van der Waals surface area contributed by atoms with Crippen LogP contribution in [0.25, 0.3) is 0 Å². The monoisotopic (exact) mass is 442 g/mol. The van der Waals surface area contributed by atoms with Crippen molar-refractivity contribution in [3.63, 3.8) is 0 Å². The Morgan fingerprint density at radius 2 is 2.10 bits per heavy atom. The lowest BCUT2D eigenvalue weighted by Crippen LogP contribution is -2.37. The summed E-state index contributed by atoms with van der Waals surface area (Å²) in [6.45, 7) is 6.64. The van der Waals surface area contributed by atoms with Crippen molar-refractivity contribution in [2.24, 2.45) is 0 Å². The Morgan fingerprint density at radius 1 is 1.23 bits per heavy atom. The molecule has 3 heterocycles. The highest BCUT2D eigenvalue weighted by Gasteiger charge is 2.17. The molecule has 1 N–H and O–H groups in total. The molecule has 2 aromatic rings. The van der Waals surface area contributed by atoms with Crippen LogP contribution in [-0.2, 0) is 21.6 Å². The van der Waals surface area contributed by atoms with Gasteiger partial charge >= 0.3 is 0 Å². The van der Waals surface area contributed by atoms with Crippen molar-refractivity contribution < 1.29 is 14.3 Å². The predicted molar refractivity (Wildman–Crippen MR) is 122 cm³/mol. The number of nitrogens with one attached hydrogen (secondary N) is 1. The van der Waals surface area contributed by atoms with E-state index < -0.39 is 0 Å². The zero-order valence-electron chi connectivity index (χ0n) is 18.0. The number of morpholine rings is 1. The Kier molecular flexibility index (Phi) is 7.77. The number of hydrogen-bond donors (Lipinski definition) is 1. The van der Waals surface area contributed by atoms with E-state index in [9.17, 15) is 4.79 Å². The number of anilines is 1. The van der Waals surface area contributed by atoms with Gasteiger partial charge in [0.05, 0.1) is 19.3 Å². The second kappa shape index (κ2) is 10.9. The molecule has 4 rings (SSSR count). The van der Waals surface area contributed by atoms with Crippen LogP contribution >= 0.6 is 11.8 Å². The SMILES string of the molecule is CCc1cc(N2CCOCC2)nc(SCc2cccc(C(=O)NC[C@H]3CCCO3)c2)n1. The molecule has 166 valence electrons. The molecule has 0 bridgehead atoms. The molecule has 2 aliphatic rings. The van der Waals surface area contributed by atoms with Crippen LogP contribution in [0.1, 0.15) is 41.4 Å². The zero-order valence-corrected chi connectivity index (χ0v) is 18.8. The van der Waals surface area contributed by atoms with Crippen LogP contribution in [0.5, 0.6) is 0 Å². The van der Waals surface area contributed by atoms with Gasteiger partial charge in [-0.3, -0.25) is 4.79 Å². The van der Waals surface area contributed by atoms with Crippen LogP contribution in [0.4, 0.5) is 5.82 Å². The van der Waals surface area contributed by atoms with Gasteiger partial charge in [0.25, 0.3) is 5.91 Å². The quantitative estimate of drug-likeness (QED) is 0.497. The molecular formula is C23H30N4O3S. The van der Waals surface area contributed by atoms with E-state index >= 15 is 0 Å². The molecule has 1 aromatic carbocycles. The molecule has 2 aliphatic heterocycles. The Bertz CT molecular complexity index is 883. The van der Waals surface area contributed by atoms with Gasteiger partial charge in [-0.15, -0.1) is 0 Å². The van der Waals surface area contributed by atoms with Gasteiger partial charge in [0.1, 0.15) is 5.82 Å². The number of rotatable bonds is 8. The third-order valence-electron chi connectivity index (χ3n) is 5.51. The van der Waals surface area contributed by atoms with Crippen LogP contribution < -0.4 is 10.2 Å². The molecule has 0 aliphatic carbocycles. The number of amides is 1. The van der Waals surface area contributed by atoms with Gasteiger partial charge in [0.15, 0.2) is 5.16 Å². The average molecular weight is 443 g/mol. The van der Waals surface area contributed by atoms with E-state index in [0.29, 0.717) is 17.9 Å². The number of thioether (sulfide) groups is 1. The second-order valence-electron chi connectivity index (χ2n) is 7.79. The minimum atomic E-state index is -0.0545. The Labute approximate surface area is 187 Å². The summed E-state index contributed by atoms with van der Waals surface area (Å²) in [5.74, 6) is 1.63. The Morgan fingerprint density at radius 3 is 2.87 bits per heavy atom. The van der Waals surface area contributed by atoms with Gasteiger partial charge in [-0.1, -0.05) is 30.8 Å². The van der Waals surface area contributed by atoms with Gasteiger partial charge in [-0.2, -0.15) is 0 Å². The van der Waals surface area contributed by atoms with E-state index in [2.05, 4.69) is 23.2 Å². The molecule has 0 radical (unpaired) electrons. The third-order valence-corrected chi connectivity index (χ3v) is 6.43. The van der Waals surface area contributed by atoms with Crippen LogP contribution in [0, 0.1) is 0 Å². The van der Waals surface area contributed by atoms with Crippen LogP contribution in [0.2, 0.25) is 0 Å². The summed E-state index contributed by atoms with van der Waals surface area (Å²) in [5, 5.41) is 3.76. The highest BCUT2D eigenvalue weighted by Crippen LogP contribution is 2.24. The molecule has 1 aromatic heterocycles. The Hall–Kier alpha value is -2.16. The second-order valence-corrected chi connectivity index (χ2v) is 8.73. The fourth-order valence-corrected chi connectivity index (χ4v) is 4.54. The minimum Gasteiger partial charge on any atom is -0.378 e. The van der Waals surface area contributed by atoms with Crippen LogP contribution in [-0.4, -0.2) is 61.4 Å². The van der Waals surface area contributed by atoms with Crippen molar-refractivity contribution >= 4 is 23.5 Å². The standard InChI is InChI=1S/C23H30N4O3S/c1-2-19-14-21(27-8-11-29-12-9-27)26-23(25-19)31-16-17-5-3-6-18(13-17)22(28)24-15-20-7-4-10-30-20/h3,5-6,13-14,20H,2,4,7-12,15-16H2,1H3,(H,24,28)/t20-/m1/s1. The lowest BCUT2D eigenvalue weighted by atomic mass is 10.1. The van der Waals surface area contributed by atoms with E-state index in [1.165, 1.54) is 0 Å². The number of benzene rings is 1. The summed E-state index contributed by atoms with van der Waals surface area (Å²) >= 11 is 1.60. The first kappa shape index (κ1) is 22.0. The van der Waals surface area contributed by atoms with Crippen molar-refractivity contribution in [1.82, 2.24) is 15.3 Å². The van der Waals surface area contributed by atoms with E-state index in [-0.39, 0.29) is 12.0 Å². The highest BCUT2D eigenvalue weighted by molar-refractivity contribution is 7.98. The van der Waals surface area contributed by atoms with Crippen molar-refractivity contribution in [2.45, 2.75) is 43.2 Å². The van der Waals surface area contributed by atoms with Crippen molar-refractivity contribution in [3.05, 3.63) is 47.2 Å². The maximum atomic E-state index is 12.5. The van der Waals surface area contributed by atoms with E-state index in [4.69, 9.17) is 19.4 Å². The molecule has 2 fully saturated rings. The topological polar surface area (TPSA) is 76.6 Å². The lowest BCUT2D eigenvalue weighted by Gasteiger charge is -2.28. The molecule has 0 unspecified atom stereocenters. The van der Waals surface area contributed by atoms with Crippen molar-refractivity contribution in [2.75, 3.05) is 44.4 Å². The van der Waals surface area contributed by atoms with E-state index in [1.807, 2.05) is 24.3 Å². The lowest BCUT2D eigenvalue weighted by molar-refractivity contribution is 0.0857. The smallest absolute Gasteiger partial charge is 0.251 e. The summed E-state index contributed by atoms with van der Waals surface area (Å²) in [5.41, 5.74) is 2.79. The number of aryl methyl sites for hydroxylation is 1. The summed E-state index contributed by atoms with van der Waals surface area (Å²) in [6, 6.07) is 9.85. The normalized spacial score (nSPS) is 18.9. The molecule has 1 atom stereocenters. The number of aromatic nitrogens is 2. The highest BCUT2D eigenvalue weighted by atomic mass is 32.2. The fourth-order valence-electron chi connectivity index (χ4n) is 3.72. The number of carbonyl (C=O) groups excluding carboxylic acids is 1. The first-order valence-corrected chi connectivity index (χ1v) is 12.0. The van der Waals surface area contributed by atoms with Gasteiger partial charge < -0.3 is 19.7 Å². The van der Waals surface area contributed by atoms with Crippen molar-refractivity contribution in [1.29, 1.82) is 0 Å². The predicted octanol–water partition coefficient (Wildman–Crippen LogP) is 3.08. The molecule has 1 amide bonds. The molecule has 8 heteroatoms. The van der Waals surface area contributed by atoms with Gasteiger partial charge in [0, 0.05) is 49.3 Å². The summed E-state index contributed by atoms with van der Waals surface area (Å²) in [7, 11) is 0. The van der Waals surface area contributed by atoms with Gasteiger partial charge in [-0.05, 0) is 37.0 Å². The number of nitrogens with zero attached hydrogens (tertiary/aromatic N) is 3.